The van der Waals surface area contributed by atoms with Gasteiger partial charge in [-0.25, -0.2) is 4.39 Å². The van der Waals surface area contributed by atoms with Crippen molar-refractivity contribution in [1.29, 1.82) is 0 Å². The van der Waals surface area contributed by atoms with Gasteiger partial charge >= 0.3 is 0 Å². The summed E-state index contributed by atoms with van der Waals surface area (Å²) in [5, 5.41) is 0. The van der Waals surface area contributed by atoms with Gasteiger partial charge in [0.05, 0.1) is 13.2 Å². The Kier molecular flexibility index (Phi) is 5.78. The molecule has 0 N–H and O–H groups in total. The fourth-order valence-electron chi connectivity index (χ4n) is 1.62. The first kappa shape index (κ1) is 14.6. The van der Waals surface area contributed by atoms with Crippen LogP contribution in [0.5, 0.6) is 5.75 Å². The molecule has 0 heterocycles. The summed E-state index contributed by atoms with van der Waals surface area (Å²) in [5.41, 5.74) is 0.670. The van der Waals surface area contributed by atoms with Crippen molar-refractivity contribution in [2.24, 2.45) is 0 Å². The first-order valence-electron chi connectivity index (χ1n) is 5.93. The van der Waals surface area contributed by atoms with E-state index in [4.69, 9.17) is 9.47 Å². The van der Waals surface area contributed by atoms with Gasteiger partial charge < -0.3 is 9.47 Å². The van der Waals surface area contributed by atoms with E-state index >= 15 is 0 Å². The van der Waals surface area contributed by atoms with Crippen LogP contribution in [0.15, 0.2) is 18.2 Å². The molecule has 0 aliphatic rings. The predicted octanol–water partition coefficient (Wildman–Crippen LogP) is 2.76. The Morgan fingerprint density at radius 2 is 2.11 bits per heavy atom. The zero-order chi connectivity index (χ0) is 13.5. The molecule has 0 spiro atoms. The number of rotatable bonds is 7. The normalized spacial score (nSPS) is 12.2. The molecule has 0 amide bonds. The maximum Gasteiger partial charge on any atom is 0.165 e. The molecule has 0 saturated heterocycles. The number of methoxy groups -OCH3 is 2. The number of ether oxygens (including phenoxy) is 2. The number of ketones is 1. The number of Topliss-reactive ketones (excluding diaryl/α,β-unsaturated/α-hetero) is 1. The largest absolute Gasteiger partial charge is 0.494 e. The number of carbonyl (C=O) groups is 1. The van der Waals surface area contributed by atoms with Crippen molar-refractivity contribution in [3.8, 4) is 5.75 Å². The minimum atomic E-state index is -0.437. The van der Waals surface area contributed by atoms with Crippen molar-refractivity contribution in [2.45, 2.75) is 32.3 Å². The Morgan fingerprint density at radius 3 is 2.67 bits per heavy atom. The lowest BCUT2D eigenvalue weighted by molar-refractivity contribution is -0.119. The van der Waals surface area contributed by atoms with Gasteiger partial charge in [0.25, 0.3) is 0 Å². The van der Waals surface area contributed by atoms with Crippen LogP contribution in [0.25, 0.3) is 0 Å². The fourth-order valence-corrected chi connectivity index (χ4v) is 1.62. The van der Waals surface area contributed by atoms with E-state index in [9.17, 15) is 9.18 Å². The van der Waals surface area contributed by atoms with Gasteiger partial charge in [-0.3, -0.25) is 4.79 Å². The van der Waals surface area contributed by atoms with Crippen LogP contribution in [0.1, 0.15) is 25.3 Å². The van der Waals surface area contributed by atoms with Crippen LogP contribution >= 0.6 is 0 Å². The highest BCUT2D eigenvalue weighted by molar-refractivity contribution is 5.80. The summed E-state index contributed by atoms with van der Waals surface area (Å²) in [4.78, 5) is 11.7. The Hall–Kier alpha value is -1.42. The Balaban J connectivity index is 2.52. The number of halogens is 1. The van der Waals surface area contributed by atoms with Crippen LogP contribution in [0.4, 0.5) is 4.39 Å². The van der Waals surface area contributed by atoms with E-state index in [-0.39, 0.29) is 24.1 Å². The van der Waals surface area contributed by atoms with Crippen LogP contribution in [0.2, 0.25) is 0 Å². The number of carbonyl (C=O) groups excluding carboxylic acids is 1. The summed E-state index contributed by atoms with van der Waals surface area (Å²) in [6, 6.07) is 4.59. The van der Waals surface area contributed by atoms with Crippen molar-refractivity contribution >= 4 is 5.78 Å². The van der Waals surface area contributed by atoms with Crippen LogP contribution in [-0.4, -0.2) is 26.1 Å². The van der Waals surface area contributed by atoms with Gasteiger partial charge in [0.2, 0.25) is 0 Å². The highest BCUT2D eigenvalue weighted by atomic mass is 19.1. The summed E-state index contributed by atoms with van der Waals surface area (Å²) >= 11 is 0. The van der Waals surface area contributed by atoms with E-state index in [1.54, 1.807) is 13.2 Å². The lowest BCUT2D eigenvalue weighted by Gasteiger charge is -2.08. The molecule has 3 nitrogen and oxygen atoms in total. The Bertz CT molecular complexity index is 404. The third-order valence-electron chi connectivity index (χ3n) is 2.85. The van der Waals surface area contributed by atoms with Crippen molar-refractivity contribution in [2.75, 3.05) is 14.2 Å². The monoisotopic (exact) mass is 254 g/mol. The van der Waals surface area contributed by atoms with E-state index in [1.807, 2.05) is 6.92 Å². The lowest BCUT2D eigenvalue weighted by atomic mass is 10.0. The molecule has 0 radical (unpaired) electrons. The predicted molar refractivity (Wildman–Crippen MR) is 67.4 cm³/mol. The van der Waals surface area contributed by atoms with E-state index in [0.29, 0.717) is 18.4 Å². The molecule has 1 rings (SSSR count). The molecule has 18 heavy (non-hydrogen) atoms. The Labute approximate surface area is 107 Å². The molecule has 1 atom stereocenters. The zero-order valence-electron chi connectivity index (χ0n) is 11.0. The number of hydrogen-bond acceptors (Lipinski definition) is 3. The molecule has 100 valence electrons. The molecule has 0 aliphatic heterocycles. The minimum absolute atomic E-state index is 0.0709. The third kappa shape index (κ3) is 4.45. The van der Waals surface area contributed by atoms with Gasteiger partial charge in [-0.2, -0.15) is 0 Å². The summed E-state index contributed by atoms with van der Waals surface area (Å²) in [5.74, 6) is -0.157. The van der Waals surface area contributed by atoms with Crippen molar-refractivity contribution in [1.82, 2.24) is 0 Å². The van der Waals surface area contributed by atoms with Crippen molar-refractivity contribution in [3.63, 3.8) is 0 Å². The molecule has 1 aromatic carbocycles. The molecule has 0 saturated carbocycles. The number of benzene rings is 1. The second kappa shape index (κ2) is 7.11. The molecule has 1 aromatic rings. The lowest BCUT2D eigenvalue weighted by Crippen LogP contribution is -2.10. The molecule has 4 heteroatoms. The van der Waals surface area contributed by atoms with Gasteiger partial charge in [0.15, 0.2) is 11.6 Å². The van der Waals surface area contributed by atoms with Gasteiger partial charge in [-0.1, -0.05) is 6.07 Å². The van der Waals surface area contributed by atoms with Gasteiger partial charge in [-0.05, 0) is 31.0 Å². The maximum atomic E-state index is 13.4. The average Bonchev–Trinajstić information content (AvgIpc) is 2.36. The smallest absolute Gasteiger partial charge is 0.165 e. The molecule has 0 fully saturated rings. The van der Waals surface area contributed by atoms with E-state index in [0.717, 1.165) is 0 Å². The molecule has 0 bridgehead atoms. The van der Waals surface area contributed by atoms with Crippen molar-refractivity contribution < 1.29 is 18.7 Å². The third-order valence-corrected chi connectivity index (χ3v) is 2.85. The quantitative estimate of drug-likeness (QED) is 0.750. The first-order valence-corrected chi connectivity index (χ1v) is 5.93. The Morgan fingerprint density at radius 1 is 1.39 bits per heavy atom. The topological polar surface area (TPSA) is 35.5 Å². The second-order valence-corrected chi connectivity index (χ2v) is 4.27. The highest BCUT2D eigenvalue weighted by Gasteiger charge is 2.09. The van der Waals surface area contributed by atoms with Crippen LogP contribution < -0.4 is 4.74 Å². The van der Waals surface area contributed by atoms with Gasteiger partial charge in [-0.15, -0.1) is 0 Å². The molecular weight excluding hydrogens is 235 g/mol. The highest BCUT2D eigenvalue weighted by Crippen LogP contribution is 2.18. The molecule has 0 aromatic heterocycles. The van der Waals surface area contributed by atoms with Crippen molar-refractivity contribution in [3.05, 3.63) is 29.6 Å². The van der Waals surface area contributed by atoms with Gasteiger partial charge in [0.1, 0.15) is 5.78 Å². The van der Waals surface area contributed by atoms with Crippen LogP contribution in [0.3, 0.4) is 0 Å². The first-order chi connectivity index (χ1) is 8.56. The summed E-state index contributed by atoms with van der Waals surface area (Å²) < 4.78 is 23.3. The van der Waals surface area contributed by atoms with E-state index in [2.05, 4.69) is 0 Å². The molecular formula is C14H19FO3. The summed E-state index contributed by atoms with van der Waals surface area (Å²) in [6.45, 7) is 1.92. The fraction of sp³-hybridized carbons (Fsp3) is 0.500. The summed E-state index contributed by atoms with van der Waals surface area (Å²) in [7, 11) is 3.03. The summed E-state index contributed by atoms with van der Waals surface area (Å²) in [6.07, 6.45) is 1.45. The van der Waals surface area contributed by atoms with Crippen LogP contribution in [0, 0.1) is 5.82 Å². The number of hydrogen-bond donors (Lipinski definition) is 0. The molecule has 0 aliphatic carbocycles. The second-order valence-electron chi connectivity index (χ2n) is 4.27. The minimum Gasteiger partial charge on any atom is -0.494 e. The zero-order valence-corrected chi connectivity index (χ0v) is 11.0. The maximum absolute atomic E-state index is 13.4. The standard InChI is InChI=1S/C14H19FO3/c1-10(17-2)4-6-12(16)8-11-5-7-14(18-3)13(15)9-11/h5,7,9-10H,4,6,8H2,1-3H3. The molecule has 1 unspecified atom stereocenters. The van der Waals surface area contributed by atoms with E-state index in [1.165, 1.54) is 19.2 Å². The van der Waals surface area contributed by atoms with E-state index < -0.39 is 5.82 Å². The van der Waals surface area contributed by atoms with Gasteiger partial charge in [0, 0.05) is 20.0 Å². The van der Waals surface area contributed by atoms with Crippen LogP contribution in [-0.2, 0) is 16.0 Å². The average molecular weight is 254 g/mol. The SMILES string of the molecule is COc1ccc(CC(=O)CCC(C)OC)cc1F.